The molecule has 15 heavy (non-hydrogen) atoms. The van der Waals surface area contributed by atoms with E-state index in [2.05, 4.69) is 15.3 Å². The van der Waals surface area contributed by atoms with Crippen molar-refractivity contribution < 1.29 is 18.0 Å². The number of halogens is 3. The standard InChI is InChI=1S/C7H11F3N4O/c8-7(9,10)3-2-6(15)12-4-1-5-13-14-11/h1-5H2,(H,12,15). The molecule has 1 N–H and O–H groups in total. The highest BCUT2D eigenvalue weighted by atomic mass is 19.4. The van der Waals surface area contributed by atoms with Crippen molar-refractivity contribution in [2.75, 3.05) is 13.1 Å². The van der Waals surface area contributed by atoms with E-state index < -0.39 is 24.9 Å². The third-order valence-electron chi connectivity index (χ3n) is 1.46. The van der Waals surface area contributed by atoms with Crippen molar-refractivity contribution in [3.63, 3.8) is 0 Å². The van der Waals surface area contributed by atoms with Gasteiger partial charge in [-0.3, -0.25) is 4.79 Å². The Hall–Kier alpha value is -1.43. The Bertz CT molecular complexity index is 247. The fourth-order valence-corrected chi connectivity index (χ4v) is 0.766. The van der Waals surface area contributed by atoms with Crippen molar-refractivity contribution in [1.82, 2.24) is 5.32 Å². The zero-order valence-corrected chi connectivity index (χ0v) is 7.92. The van der Waals surface area contributed by atoms with Gasteiger partial charge in [0.2, 0.25) is 5.91 Å². The van der Waals surface area contributed by atoms with E-state index in [9.17, 15) is 18.0 Å². The lowest BCUT2D eigenvalue weighted by molar-refractivity contribution is -0.144. The van der Waals surface area contributed by atoms with Crippen LogP contribution in [0.5, 0.6) is 0 Å². The lowest BCUT2D eigenvalue weighted by Gasteiger charge is -2.06. The van der Waals surface area contributed by atoms with E-state index in [1.54, 1.807) is 0 Å². The first-order valence-electron chi connectivity index (χ1n) is 4.30. The fourth-order valence-electron chi connectivity index (χ4n) is 0.766. The summed E-state index contributed by atoms with van der Waals surface area (Å²) in [6.07, 6.45) is -5.57. The van der Waals surface area contributed by atoms with Crippen LogP contribution >= 0.6 is 0 Å². The number of alkyl halides is 3. The molecule has 0 saturated heterocycles. The van der Waals surface area contributed by atoms with Crippen molar-refractivity contribution in [2.24, 2.45) is 5.11 Å². The van der Waals surface area contributed by atoms with E-state index in [4.69, 9.17) is 5.53 Å². The number of hydrogen-bond donors (Lipinski definition) is 1. The maximum Gasteiger partial charge on any atom is 0.389 e. The van der Waals surface area contributed by atoms with Gasteiger partial charge in [-0.1, -0.05) is 5.11 Å². The van der Waals surface area contributed by atoms with E-state index >= 15 is 0 Å². The minimum absolute atomic E-state index is 0.218. The average Bonchev–Trinajstić information content (AvgIpc) is 2.13. The highest BCUT2D eigenvalue weighted by Crippen LogP contribution is 2.20. The molecule has 0 radical (unpaired) electrons. The number of carbonyl (C=O) groups is 1. The summed E-state index contributed by atoms with van der Waals surface area (Å²) in [7, 11) is 0. The predicted molar refractivity (Wildman–Crippen MR) is 46.9 cm³/mol. The Morgan fingerprint density at radius 1 is 1.47 bits per heavy atom. The molecule has 0 rings (SSSR count). The van der Waals surface area contributed by atoms with Crippen molar-refractivity contribution >= 4 is 5.91 Å². The summed E-state index contributed by atoms with van der Waals surface area (Å²) in [6, 6.07) is 0. The zero-order chi connectivity index (χ0) is 11.7. The first-order chi connectivity index (χ1) is 6.95. The number of nitrogens with zero attached hydrogens (tertiary/aromatic N) is 3. The van der Waals surface area contributed by atoms with Gasteiger partial charge in [0.05, 0.1) is 6.42 Å². The lowest BCUT2D eigenvalue weighted by atomic mass is 10.3. The molecule has 0 bridgehead atoms. The summed E-state index contributed by atoms with van der Waals surface area (Å²) in [5.41, 5.74) is 7.89. The SMILES string of the molecule is [N-]=[N+]=NCCCNC(=O)CCC(F)(F)F. The summed E-state index contributed by atoms with van der Waals surface area (Å²) in [6.45, 7) is 0.436. The molecule has 0 heterocycles. The third kappa shape index (κ3) is 10.5. The van der Waals surface area contributed by atoms with Crippen molar-refractivity contribution in [1.29, 1.82) is 0 Å². The Morgan fingerprint density at radius 3 is 2.67 bits per heavy atom. The molecular weight excluding hydrogens is 213 g/mol. The molecule has 0 aliphatic rings. The number of amides is 1. The van der Waals surface area contributed by atoms with Crippen LogP contribution in [-0.4, -0.2) is 25.2 Å². The summed E-state index contributed by atoms with van der Waals surface area (Å²) < 4.78 is 35.0. The number of nitrogens with one attached hydrogen (secondary N) is 1. The molecule has 0 aromatic rings. The van der Waals surface area contributed by atoms with Gasteiger partial charge < -0.3 is 5.32 Å². The van der Waals surface area contributed by atoms with Crippen LogP contribution in [0, 0.1) is 0 Å². The molecule has 5 nitrogen and oxygen atoms in total. The molecule has 0 aliphatic heterocycles. The van der Waals surface area contributed by atoms with Gasteiger partial charge in [0.1, 0.15) is 0 Å². The highest BCUT2D eigenvalue weighted by molar-refractivity contribution is 5.75. The topological polar surface area (TPSA) is 77.9 Å². The number of azide groups is 1. The molecule has 8 heteroatoms. The number of rotatable bonds is 6. The molecule has 1 amide bonds. The third-order valence-corrected chi connectivity index (χ3v) is 1.46. The summed E-state index contributed by atoms with van der Waals surface area (Å²) in [4.78, 5) is 13.3. The Labute approximate surface area is 84.3 Å². The predicted octanol–water partition coefficient (Wildman–Crippen LogP) is 2.15. The summed E-state index contributed by atoms with van der Waals surface area (Å²) in [5, 5.41) is 5.50. The number of carbonyl (C=O) groups excluding carboxylic acids is 1. The Morgan fingerprint density at radius 2 is 2.13 bits per heavy atom. The Kier molecular flexibility index (Phi) is 6.28. The monoisotopic (exact) mass is 224 g/mol. The van der Waals surface area contributed by atoms with Crippen LogP contribution in [0.25, 0.3) is 10.4 Å². The van der Waals surface area contributed by atoms with E-state index in [1.165, 1.54) is 0 Å². The fraction of sp³-hybridized carbons (Fsp3) is 0.857. The van der Waals surface area contributed by atoms with Gasteiger partial charge in [0, 0.05) is 24.4 Å². The van der Waals surface area contributed by atoms with E-state index in [0.717, 1.165) is 0 Å². The van der Waals surface area contributed by atoms with E-state index in [-0.39, 0.29) is 13.1 Å². The van der Waals surface area contributed by atoms with Gasteiger partial charge in [-0.15, -0.1) is 0 Å². The molecule has 0 aromatic carbocycles. The smallest absolute Gasteiger partial charge is 0.356 e. The van der Waals surface area contributed by atoms with Crippen LogP contribution in [-0.2, 0) is 4.79 Å². The second-order valence-electron chi connectivity index (χ2n) is 2.77. The second kappa shape index (κ2) is 6.94. The van der Waals surface area contributed by atoms with Gasteiger partial charge in [0.15, 0.2) is 0 Å². The van der Waals surface area contributed by atoms with E-state index in [1.807, 2.05) is 0 Å². The zero-order valence-electron chi connectivity index (χ0n) is 7.92. The van der Waals surface area contributed by atoms with Crippen LogP contribution in [0.3, 0.4) is 0 Å². The molecule has 0 aliphatic carbocycles. The minimum atomic E-state index is -4.30. The molecule has 86 valence electrons. The van der Waals surface area contributed by atoms with Crippen LogP contribution in [0.2, 0.25) is 0 Å². The maximum absolute atomic E-state index is 11.7. The summed E-state index contributed by atoms with van der Waals surface area (Å²) in [5.74, 6) is -0.645. The lowest BCUT2D eigenvalue weighted by Crippen LogP contribution is -2.26. The average molecular weight is 224 g/mol. The summed E-state index contributed by atoms with van der Waals surface area (Å²) >= 11 is 0. The van der Waals surface area contributed by atoms with Crippen molar-refractivity contribution in [3.05, 3.63) is 10.4 Å². The maximum atomic E-state index is 11.7. The van der Waals surface area contributed by atoms with Gasteiger partial charge in [-0.25, -0.2) is 0 Å². The molecule has 0 aromatic heterocycles. The van der Waals surface area contributed by atoms with Crippen LogP contribution < -0.4 is 5.32 Å². The van der Waals surface area contributed by atoms with Gasteiger partial charge in [-0.05, 0) is 12.0 Å². The Balaban J connectivity index is 3.46. The van der Waals surface area contributed by atoms with Gasteiger partial charge >= 0.3 is 6.18 Å². The second-order valence-corrected chi connectivity index (χ2v) is 2.77. The first-order valence-corrected chi connectivity index (χ1v) is 4.30. The van der Waals surface area contributed by atoms with Crippen LogP contribution in [0.4, 0.5) is 13.2 Å². The van der Waals surface area contributed by atoms with Crippen molar-refractivity contribution in [2.45, 2.75) is 25.4 Å². The van der Waals surface area contributed by atoms with Crippen molar-refractivity contribution in [3.8, 4) is 0 Å². The van der Waals surface area contributed by atoms with Crippen LogP contribution in [0.1, 0.15) is 19.3 Å². The highest BCUT2D eigenvalue weighted by Gasteiger charge is 2.27. The minimum Gasteiger partial charge on any atom is -0.356 e. The quantitative estimate of drug-likeness (QED) is 0.319. The number of hydrogen-bond acceptors (Lipinski definition) is 2. The van der Waals surface area contributed by atoms with E-state index in [0.29, 0.717) is 6.42 Å². The first kappa shape index (κ1) is 13.6. The normalized spacial score (nSPS) is 10.6. The molecular formula is C7H11F3N4O. The molecule has 0 saturated carbocycles. The van der Waals surface area contributed by atoms with Gasteiger partial charge in [-0.2, -0.15) is 13.2 Å². The molecule has 0 spiro atoms. The molecule has 0 unspecified atom stereocenters. The molecule has 0 atom stereocenters. The molecule has 0 fully saturated rings. The van der Waals surface area contributed by atoms with Crippen LogP contribution in [0.15, 0.2) is 5.11 Å². The van der Waals surface area contributed by atoms with Gasteiger partial charge in [0.25, 0.3) is 0 Å². The largest absolute Gasteiger partial charge is 0.389 e.